The second-order valence-electron chi connectivity index (χ2n) is 7.13. The van der Waals surface area contributed by atoms with Crippen LogP contribution in [0.4, 0.5) is 17.3 Å². The van der Waals surface area contributed by atoms with Crippen molar-refractivity contribution < 1.29 is 9.85 Å². The van der Waals surface area contributed by atoms with E-state index in [9.17, 15) is 20.2 Å². The van der Waals surface area contributed by atoms with Crippen molar-refractivity contribution in [2.24, 2.45) is 17.8 Å². The number of nitro groups is 2. The van der Waals surface area contributed by atoms with Crippen molar-refractivity contribution in [2.75, 3.05) is 5.73 Å². The van der Waals surface area contributed by atoms with Gasteiger partial charge in [0.15, 0.2) is 0 Å². The number of aromatic nitrogens is 2. The fourth-order valence-electron chi connectivity index (χ4n) is 5.39. The smallest absolute Gasteiger partial charge is 0.376 e. The lowest BCUT2D eigenvalue weighted by molar-refractivity contribution is -0.424. The van der Waals surface area contributed by atoms with E-state index in [-0.39, 0.29) is 11.4 Å². The maximum absolute atomic E-state index is 11.2. The Bertz CT molecular complexity index is 647. The number of anilines is 1. The highest BCUT2D eigenvalue weighted by Gasteiger charge is 2.56. The molecule has 0 amide bonds. The second-order valence-corrected chi connectivity index (χ2v) is 7.13. The van der Waals surface area contributed by atoms with E-state index in [1.54, 1.807) is 0 Å². The van der Waals surface area contributed by atoms with Crippen molar-refractivity contribution in [1.29, 1.82) is 0 Å². The number of nitrogens with two attached hydrogens (primary N) is 1. The molecule has 2 N–H and O–H groups in total. The van der Waals surface area contributed by atoms with Crippen LogP contribution in [0.5, 0.6) is 0 Å². The van der Waals surface area contributed by atoms with Crippen LogP contribution in [0.2, 0.25) is 0 Å². The van der Waals surface area contributed by atoms with E-state index in [0.29, 0.717) is 17.8 Å². The molecule has 1 aromatic heterocycles. The van der Waals surface area contributed by atoms with Crippen LogP contribution in [0, 0.1) is 38.0 Å². The van der Waals surface area contributed by atoms with Crippen molar-refractivity contribution in [1.82, 2.24) is 9.78 Å². The molecule has 1 aromatic rings. The minimum atomic E-state index is -0.814. The third-order valence-electron chi connectivity index (χ3n) is 5.69. The lowest BCUT2D eigenvalue weighted by Gasteiger charge is -2.55. The molecule has 1 heterocycles. The van der Waals surface area contributed by atoms with Gasteiger partial charge in [0.2, 0.25) is 5.82 Å². The van der Waals surface area contributed by atoms with Crippen molar-refractivity contribution in [2.45, 2.75) is 44.1 Å². The summed E-state index contributed by atoms with van der Waals surface area (Å²) >= 11 is 0. The molecule has 4 saturated carbocycles. The first-order valence-electron chi connectivity index (χ1n) is 7.57. The van der Waals surface area contributed by atoms with Gasteiger partial charge >= 0.3 is 11.5 Å². The minimum absolute atomic E-state index is 0.168. The van der Waals surface area contributed by atoms with E-state index < -0.39 is 21.4 Å². The normalized spacial score (nSPS) is 35.7. The Morgan fingerprint density at radius 1 is 1.05 bits per heavy atom. The zero-order valence-corrected chi connectivity index (χ0v) is 12.0. The Labute approximate surface area is 125 Å². The van der Waals surface area contributed by atoms with Crippen molar-refractivity contribution in [3.05, 3.63) is 20.2 Å². The lowest BCUT2D eigenvalue weighted by atomic mass is 9.53. The summed E-state index contributed by atoms with van der Waals surface area (Å²) in [5, 5.41) is 26.2. The van der Waals surface area contributed by atoms with Gasteiger partial charge in [0.05, 0.1) is 15.6 Å². The first-order chi connectivity index (χ1) is 10.4. The molecule has 0 aliphatic heterocycles. The quantitative estimate of drug-likeness (QED) is 0.672. The van der Waals surface area contributed by atoms with Crippen molar-refractivity contribution in [3.63, 3.8) is 0 Å². The van der Waals surface area contributed by atoms with Gasteiger partial charge in [0.25, 0.3) is 0 Å². The predicted octanol–water partition coefficient (Wildman–Crippen LogP) is 2.21. The van der Waals surface area contributed by atoms with Crippen LogP contribution in [-0.2, 0) is 5.54 Å². The van der Waals surface area contributed by atoms with Gasteiger partial charge in [-0.15, -0.1) is 4.68 Å². The van der Waals surface area contributed by atoms with Crippen LogP contribution >= 0.6 is 0 Å². The summed E-state index contributed by atoms with van der Waals surface area (Å²) < 4.78 is 1.42. The van der Waals surface area contributed by atoms with Gasteiger partial charge in [0, 0.05) is 0 Å². The molecule has 0 unspecified atom stereocenters. The van der Waals surface area contributed by atoms with Crippen LogP contribution in [0.25, 0.3) is 0 Å². The maximum atomic E-state index is 11.2. The first kappa shape index (κ1) is 13.5. The maximum Gasteiger partial charge on any atom is 0.470 e. The summed E-state index contributed by atoms with van der Waals surface area (Å²) in [6.45, 7) is 0. The largest absolute Gasteiger partial charge is 0.470 e. The molecule has 4 aliphatic rings. The molecule has 0 radical (unpaired) electrons. The highest BCUT2D eigenvalue weighted by molar-refractivity contribution is 5.64. The third-order valence-corrected chi connectivity index (χ3v) is 5.69. The first-order valence-corrected chi connectivity index (χ1v) is 7.57. The summed E-state index contributed by atoms with van der Waals surface area (Å²) in [7, 11) is 0. The number of hydrogen-bond acceptors (Lipinski definition) is 6. The van der Waals surface area contributed by atoms with Crippen LogP contribution < -0.4 is 5.73 Å². The average Bonchev–Trinajstić information content (AvgIpc) is 2.75. The van der Waals surface area contributed by atoms with Gasteiger partial charge in [0.1, 0.15) is 0 Å². The summed E-state index contributed by atoms with van der Waals surface area (Å²) in [6.07, 6.45) is 6.22. The second kappa shape index (κ2) is 4.17. The van der Waals surface area contributed by atoms with Crippen molar-refractivity contribution >= 4 is 17.3 Å². The van der Waals surface area contributed by atoms with E-state index in [2.05, 4.69) is 5.10 Å². The van der Waals surface area contributed by atoms with Crippen LogP contribution in [-0.4, -0.2) is 19.6 Å². The number of rotatable bonds is 3. The Morgan fingerprint density at radius 3 is 1.91 bits per heavy atom. The van der Waals surface area contributed by atoms with E-state index in [1.807, 2.05) is 0 Å². The van der Waals surface area contributed by atoms with E-state index >= 15 is 0 Å². The highest BCUT2D eigenvalue weighted by atomic mass is 16.6. The summed E-state index contributed by atoms with van der Waals surface area (Å²) in [6, 6.07) is 0. The molecule has 22 heavy (non-hydrogen) atoms. The number of nitrogens with zero attached hydrogens (tertiary/aromatic N) is 4. The molecule has 0 spiro atoms. The van der Waals surface area contributed by atoms with Gasteiger partial charge in [-0.25, -0.2) is 0 Å². The molecule has 4 bridgehead atoms. The predicted molar refractivity (Wildman–Crippen MR) is 76.1 cm³/mol. The van der Waals surface area contributed by atoms with Crippen LogP contribution in [0.15, 0.2) is 0 Å². The topological polar surface area (TPSA) is 130 Å². The Balaban J connectivity index is 1.85. The molecule has 0 aromatic carbocycles. The molecular weight excluding hydrogens is 290 g/mol. The standard InChI is InChI=1S/C13H17N5O4/c14-11-10(17(19)20)12(18(21)22)15-16(11)13-4-7-1-8(5-13)3-9(2-7)6-13/h7-9H,1-6,14H2. The van der Waals surface area contributed by atoms with Crippen LogP contribution in [0.3, 0.4) is 0 Å². The average molecular weight is 307 g/mol. The van der Waals surface area contributed by atoms with Crippen molar-refractivity contribution in [3.8, 4) is 0 Å². The summed E-state index contributed by atoms with van der Waals surface area (Å²) in [5.41, 5.74) is 4.89. The van der Waals surface area contributed by atoms with Crippen LogP contribution in [0.1, 0.15) is 38.5 Å². The fourth-order valence-corrected chi connectivity index (χ4v) is 5.39. The molecule has 118 valence electrons. The van der Waals surface area contributed by atoms with E-state index in [4.69, 9.17) is 5.73 Å². The van der Waals surface area contributed by atoms with E-state index in [1.165, 1.54) is 23.9 Å². The number of nitrogen functional groups attached to an aromatic ring is 1. The molecular formula is C13H17N5O4. The number of hydrogen-bond donors (Lipinski definition) is 1. The minimum Gasteiger partial charge on any atom is -0.376 e. The summed E-state index contributed by atoms with van der Waals surface area (Å²) in [5.74, 6) is 0.866. The molecule has 0 atom stereocenters. The molecule has 0 saturated heterocycles. The third kappa shape index (κ3) is 1.68. The Hall–Kier alpha value is -2.19. The van der Waals surface area contributed by atoms with Gasteiger partial charge in [-0.3, -0.25) is 10.1 Å². The molecule has 9 nitrogen and oxygen atoms in total. The monoisotopic (exact) mass is 307 g/mol. The molecule has 4 fully saturated rings. The molecule has 5 rings (SSSR count). The van der Waals surface area contributed by atoms with Gasteiger partial charge in [-0.2, -0.15) is 0 Å². The molecule has 9 heteroatoms. The fraction of sp³-hybridized carbons (Fsp3) is 0.769. The van der Waals surface area contributed by atoms with E-state index in [0.717, 1.165) is 19.3 Å². The molecule has 4 aliphatic carbocycles. The lowest BCUT2D eigenvalue weighted by Crippen LogP contribution is -2.52. The zero-order valence-electron chi connectivity index (χ0n) is 12.0. The highest BCUT2D eigenvalue weighted by Crippen LogP contribution is 2.59. The van der Waals surface area contributed by atoms with Gasteiger partial charge in [-0.1, -0.05) is 0 Å². The Morgan fingerprint density at radius 2 is 1.55 bits per heavy atom. The Kier molecular flexibility index (Phi) is 2.56. The van der Waals surface area contributed by atoms with Gasteiger partial charge < -0.3 is 15.8 Å². The van der Waals surface area contributed by atoms with Gasteiger partial charge in [-0.05, 0) is 61.2 Å². The summed E-state index contributed by atoms with van der Waals surface area (Å²) in [4.78, 5) is 20.6. The SMILES string of the molecule is Nc1c([N+](=O)[O-])c([N+](=O)[O-])nn1C12CC3CC(CC(C3)C1)C2. The zero-order chi connectivity index (χ0) is 15.6.